The van der Waals surface area contributed by atoms with Crippen LogP contribution in [0.15, 0.2) is 18.2 Å². The lowest BCUT2D eigenvalue weighted by Gasteiger charge is -2.29. The lowest BCUT2D eigenvalue weighted by atomic mass is 9.83. The Balaban J connectivity index is 2.57. The van der Waals surface area contributed by atoms with Gasteiger partial charge in [0.25, 0.3) is 0 Å². The zero-order chi connectivity index (χ0) is 13.6. The van der Waals surface area contributed by atoms with Gasteiger partial charge in [-0.15, -0.1) is 0 Å². The molecule has 0 saturated heterocycles. The van der Waals surface area contributed by atoms with Crippen LogP contribution in [-0.4, -0.2) is 18.3 Å². The number of nitrogens with one attached hydrogen (secondary N) is 1. The van der Waals surface area contributed by atoms with Gasteiger partial charge in [-0.1, -0.05) is 25.4 Å². The molecule has 0 aliphatic carbocycles. The van der Waals surface area contributed by atoms with Crippen molar-refractivity contribution in [2.45, 2.75) is 33.2 Å². The molecule has 0 aliphatic heterocycles. The van der Waals surface area contributed by atoms with Crippen LogP contribution in [0.5, 0.6) is 0 Å². The number of benzene rings is 1. The molecule has 1 aromatic carbocycles. The van der Waals surface area contributed by atoms with Gasteiger partial charge >= 0.3 is 0 Å². The second kappa shape index (κ2) is 7.07. The Bertz CT molecular complexity index is 372. The molecule has 0 heterocycles. The number of hydrogen-bond acceptors (Lipinski definition) is 2. The Kier molecular flexibility index (Phi) is 6.06. The first-order chi connectivity index (χ1) is 8.56. The summed E-state index contributed by atoms with van der Waals surface area (Å²) in [7, 11) is 0. The maximum Gasteiger partial charge on any atom is 0.123 e. The molecule has 0 aromatic heterocycles. The Morgan fingerprint density at radius 3 is 2.56 bits per heavy atom. The highest BCUT2D eigenvalue weighted by atomic mass is 35.5. The van der Waals surface area contributed by atoms with E-state index in [0.717, 1.165) is 18.4 Å². The molecule has 0 aliphatic rings. The SMILES string of the molecule is CCC(CC)(CO)CNCc1cc(F)ccc1Cl. The van der Waals surface area contributed by atoms with Crippen LogP contribution in [-0.2, 0) is 6.54 Å². The molecule has 0 amide bonds. The van der Waals surface area contributed by atoms with Crippen LogP contribution in [0.1, 0.15) is 32.3 Å². The van der Waals surface area contributed by atoms with Crippen molar-refractivity contribution in [1.82, 2.24) is 5.32 Å². The highest BCUT2D eigenvalue weighted by Gasteiger charge is 2.24. The minimum atomic E-state index is -0.282. The average molecular weight is 274 g/mol. The second-order valence-corrected chi connectivity index (χ2v) is 5.11. The average Bonchev–Trinajstić information content (AvgIpc) is 2.39. The van der Waals surface area contributed by atoms with Gasteiger partial charge in [0, 0.05) is 30.1 Å². The van der Waals surface area contributed by atoms with E-state index >= 15 is 0 Å². The Morgan fingerprint density at radius 1 is 1.33 bits per heavy atom. The van der Waals surface area contributed by atoms with E-state index in [4.69, 9.17) is 11.6 Å². The maximum absolute atomic E-state index is 13.1. The summed E-state index contributed by atoms with van der Waals surface area (Å²) in [5.74, 6) is -0.282. The molecule has 2 nitrogen and oxygen atoms in total. The molecule has 0 atom stereocenters. The molecule has 0 fully saturated rings. The van der Waals surface area contributed by atoms with Gasteiger partial charge in [0.15, 0.2) is 0 Å². The molecule has 0 radical (unpaired) electrons. The molecule has 1 rings (SSSR count). The second-order valence-electron chi connectivity index (χ2n) is 4.70. The molecule has 0 spiro atoms. The quantitative estimate of drug-likeness (QED) is 0.798. The smallest absolute Gasteiger partial charge is 0.123 e. The van der Waals surface area contributed by atoms with Crippen molar-refractivity contribution in [2.75, 3.05) is 13.2 Å². The van der Waals surface area contributed by atoms with E-state index in [1.165, 1.54) is 12.1 Å². The summed E-state index contributed by atoms with van der Waals surface area (Å²) in [6, 6.07) is 4.35. The van der Waals surface area contributed by atoms with Crippen LogP contribution in [0.2, 0.25) is 5.02 Å². The molecule has 2 N–H and O–H groups in total. The fraction of sp³-hybridized carbons (Fsp3) is 0.571. The van der Waals surface area contributed by atoms with Gasteiger partial charge in [0.05, 0.1) is 0 Å². The van der Waals surface area contributed by atoms with Crippen LogP contribution in [0, 0.1) is 11.2 Å². The molecular formula is C14H21ClFNO. The van der Waals surface area contributed by atoms with Crippen LogP contribution >= 0.6 is 11.6 Å². The number of hydrogen-bond donors (Lipinski definition) is 2. The lowest BCUT2D eigenvalue weighted by molar-refractivity contribution is 0.113. The molecule has 0 unspecified atom stereocenters. The third-order valence-electron chi connectivity index (χ3n) is 3.66. The molecule has 0 bridgehead atoms. The largest absolute Gasteiger partial charge is 0.396 e. The summed E-state index contributed by atoms with van der Waals surface area (Å²) in [5.41, 5.74) is 0.649. The van der Waals surface area contributed by atoms with Gasteiger partial charge < -0.3 is 10.4 Å². The number of aliphatic hydroxyl groups excluding tert-OH is 1. The van der Waals surface area contributed by atoms with Gasteiger partial charge in [0.2, 0.25) is 0 Å². The fourth-order valence-corrected chi connectivity index (χ4v) is 2.10. The minimum absolute atomic E-state index is 0.0974. The summed E-state index contributed by atoms with van der Waals surface area (Å²) in [6.07, 6.45) is 1.81. The molecule has 0 saturated carbocycles. The standard InChI is InChI=1S/C14H21ClFNO/c1-3-14(4-2,10-18)9-17-8-11-7-12(16)5-6-13(11)15/h5-7,17-18H,3-4,8-10H2,1-2H3. The van der Waals surface area contributed by atoms with Crippen molar-refractivity contribution in [3.8, 4) is 0 Å². The van der Waals surface area contributed by atoms with Gasteiger partial charge in [0.1, 0.15) is 5.82 Å². The van der Waals surface area contributed by atoms with Crippen LogP contribution in [0.3, 0.4) is 0 Å². The van der Waals surface area contributed by atoms with Gasteiger partial charge in [-0.2, -0.15) is 0 Å². The summed E-state index contributed by atoms with van der Waals surface area (Å²) >= 11 is 5.99. The molecular weight excluding hydrogens is 253 g/mol. The third kappa shape index (κ3) is 3.94. The predicted octanol–water partition coefficient (Wildman–Crippen LogP) is 3.37. The van der Waals surface area contributed by atoms with E-state index in [2.05, 4.69) is 19.2 Å². The van der Waals surface area contributed by atoms with Gasteiger partial charge in [-0.3, -0.25) is 0 Å². The number of halogens is 2. The highest BCUT2D eigenvalue weighted by Crippen LogP contribution is 2.25. The van der Waals surface area contributed by atoms with Crippen LogP contribution in [0.4, 0.5) is 4.39 Å². The monoisotopic (exact) mass is 273 g/mol. The van der Waals surface area contributed by atoms with Crippen LogP contribution in [0.25, 0.3) is 0 Å². The first kappa shape index (κ1) is 15.4. The Hall–Kier alpha value is -0.640. The van der Waals surface area contributed by atoms with E-state index in [1.807, 2.05) is 0 Å². The molecule has 18 heavy (non-hydrogen) atoms. The van der Waals surface area contributed by atoms with Crippen LogP contribution < -0.4 is 5.32 Å². The van der Waals surface area contributed by atoms with Crippen molar-refractivity contribution in [1.29, 1.82) is 0 Å². The Labute approximate surface area is 113 Å². The minimum Gasteiger partial charge on any atom is -0.396 e. The number of aliphatic hydroxyl groups is 1. The molecule has 4 heteroatoms. The van der Waals surface area contributed by atoms with E-state index in [0.29, 0.717) is 18.1 Å². The van der Waals surface area contributed by atoms with E-state index in [-0.39, 0.29) is 17.8 Å². The van der Waals surface area contributed by atoms with Gasteiger partial charge in [-0.05, 0) is 36.6 Å². The first-order valence-corrected chi connectivity index (χ1v) is 6.70. The van der Waals surface area contributed by atoms with Crippen molar-refractivity contribution < 1.29 is 9.50 Å². The normalized spacial score (nSPS) is 11.8. The fourth-order valence-electron chi connectivity index (χ4n) is 1.92. The van der Waals surface area contributed by atoms with Gasteiger partial charge in [-0.25, -0.2) is 4.39 Å². The summed E-state index contributed by atoms with van der Waals surface area (Å²) in [5, 5.41) is 13.3. The summed E-state index contributed by atoms with van der Waals surface area (Å²) in [6.45, 7) is 5.50. The van der Waals surface area contributed by atoms with Crippen molar-refractivity contribution >= 4 is 11.6 Å². The summed E-state index contributed by atoms with van der Waals surface area (Å²) < 4.78 is 13.1. The first-order valence-electron chi connectivity index (χ1n) is 6.32. The van der Waals surface area contributed by atoms with E-state index in [9.17, 15) is 9.50 Å². The predicted molar refractivity (Wildman–Crippen MR) is 73.2 cm³/mol. The zero-order valence-corrected chi connectivity index (χ0v) is 11.7. The van der Waals surface area contributed by atoms with Crippen molar-refractivity contribution in [3.05, 3.63) is 34.6 Å². The lowest BCUT2D eigenvalue weighted by Crippen LogP contribution is -2.36. The van der Waals surface area contributed by atoms with Crippen molar-refractivity contribution in [2.24, 2.45) is 5.41 Å². The summed E-state index contributed by atoms with van der Waals surface area (Å²) in [4.78, 5) is 0. The third-order valence-corrected chi connectivity index (χ3v) is 4.03. The van der Waals surface area contributed by atoms with E-state index in [1.54, 1.807) is 6.07 Å². The molecule has 1 aromatic rings. The zero-order valence-electron chi connectivity index (χ0n) is 11.0. The Morgan fingerprint density at radius 2 is 2.00 bits per heavy atom. The maximum atomic E-state index is 13.1. The van der Waals surface area contributed by atoms with Crippen molar-refractivity contribution in [3.63, 3.8) is 0 Å². The highest BCUT2D eigenvalue weighted by molar-refractivity contribution is 6.31. The molecule has 102 valence electrons. The van der Waals surface area contributed by atoms with E-state index < -0.39 is 0 Å². The number of rotatable bonds is 7. The topological polar surface area (TPSA) is 32.3 Å².